The zero-order valence-electron chi connectivity index (χ0n) is 17.8. The van der Waals surface area contributed by atoms with Gasteiger partial charge in [0.15, 0.2) is 5.82 Å². The van der Waals surface area contributed by atoms with Gasteiger partial charge >= 0.3 is 5.69 Å². The SMILES string of the molecule is O=c1ncc(F)c(N(Cc2ccc(Cl)cc2Cl)CC(O)(Cn2cncn2)c2ccc(F)cc2F)[nH]1. The highest BCUT2D eigenvalue weighted by molar-refractivity contribution is 6.35. The maximum atomic E-state index is 14.9. The first kappa shape index (κ1) is 24.7. The number of H-pyrrole nitrogens is 1. The van der Waals surface area contributed by atoms with Gasteiger partial charge in [0, 0.05) is 28.2 Å². The minimum absolute atomic E-state index is 0.130. The molecule has 0 amide bonds. The molecular weight excluding hydrogens is 508 g/mol. The lowest BCUT2D eigenvalue weighted by atomic mass is 9.92. The first-order chi connectivity index (χ1) is 16.6. The molecule has 1 atom stereocenters. The summed E-state index contributed by atoms with van der Waals surface area (Å²) in [6.45, 7) is -0.946. The Hall–Kier alpha value is -3.41. The quantitative estimate of drug-likeness (QED) is 0.364. The fourth-order valence-electron chi connectivity index (χ4n) is 3.65. The highest BCUT2D eigenvalue weighted by Crippen LogP contribution is 2.32. The molecule has 2 heterocycles. The average molecular weight is 525 g/mol. The Kier molecular flexibility index (Phi) is 7.10. The Balaban J connectivity index is 1.83. The summed E-state index contributed by atoms with van der Waals surface area (Å²) in [5.41, 5.74) is -2.76. The smallest absolute Gasteiger partial charge is 0.346 e. The van der Waals surface area contributed by atoms with Gasteiger partial charge in [0.05, 0.1) is 19.3 Å². The van der Waals surface area contributed by atoms with Crippen LogP contribution in [0.3, 0.4) is 0 Å². The van der Waals surface area contributed by atoms with Crippen LogP contribution in [-0.2, 0) is 18.7 Å². The molecule has 2 N–H and O–H groups in total. The number of aromatic nitrogens is 5. The second kappa shape index (κ2) is 10.1. The first-order valence-electron chi connectivity index (χ1n) is 10.1. The molecule has 8 nitrogen and oxygen atoms in total. The molecule has 0 radical (unpaired) electrons. The number of anilines is 1. The maximum Gasteiger partial charge on any atom is 0.346 e. The van der Waals surface area contributed by atoms with Crippen LogP contribution >= 0.6 is 23.2 Å². The van der Waals surface area contributed by atoms with Crippen LogP contribution in [0, 0.1) is 17.5 Å². The molecule has 0 bridgehead atoms. The summed E-state index contributed by atoms with van der Waals surface area (Å²) in [5.74, 6) is -3.10. The minimum atomic E-state index is -2.10. The Morgan fingerprint density at radius 3 is 2.60 bits per heavy atom. The van der Waals surface area contributed by atoms with E-state index < -0.39 is 35.3 Å². The largest absolute Gasteiger partial charge is 0.381 e. The summed E-state index contributed by atoms with van der Waals surface area (Å²) in [5, 5.41) is 16.3. The Bertz CT molecular complexity index is 1400. The average Bonchev–Trinajstić information content (AvgIpc) is 3.29. The van der Waals surface area contributed by atoms with Gasteiger partial charge in [0.1, 0.15) is 35.7 Å². The van der Waals surface area contributed by atoms with Gasteiger partial charge < -0.3 is 10.0 Å². The molecule has 0 spiro atoms. The van der Waals surface area contributed by atoms with E-state index in [1.807, 2.05) is 0 Å². The highest BCUT2D eigenvalue weighted by atomic mass is 35.5. The van der Waals surface area contributed by atoms with Crippen LogP contribution < -0.4 is 10.6 Å². The van der Waals surface area contributed by atoms with Crippen molar-refractivity contribution in [2.75, 3.05) is 11.4 Å². The van der Waals surface area contributed by atoms with Crippen LogP contribution in [0.4, 0.5) is 19.0 Å². The van der Waals surface area contributed by atoms with Crippen LogP contribution in [0.15, 0.2) is 60.0 Å². The van der Waals surface area contributed by atoms with Crippen LogP contribution in [0.1, 0.15) is 11.1 Å². The molecule has 1 unspecified atom stereocenters. The van der Waals surface area contributed by atoms with Gasteiger partial charge in [-0.1, -0.05) is 35.3 Å². The fourth-order valence-corrected chi connectivity index (χ4v) is 4.12. The first-order valence-corrected chi connectivity index (χ1v) is 10.8. The van der Waals surface area contributed by atoms with Crippen LogP contribution in [0.2, 0.25) is 10.0 Å². The third-order valence-corrected chi connectivity index (χ3v) is 5.80. The van der Waals surface area contributed by atoms with Crippen LogP contribution in [0.25, 0.3) is 0 Å². The number of aliphatic hydroxyl groups is 1. The van der Waals surface area contributed by atoms with Gasteiger partial charge in [-0.3, -0.25) is 4.98 Å². The molecule has 0 aliphatic carbocycles. The summed E-state index contributed by atoms with van der Waals surface area (Å²) in [6, 6.07) is 7.32. The number of benzene rings is 2. The Morgan fingerprint density at radius 2 is 1.91 bits per heavy atom. The molecule has 0 fully saturated rings. The molecule has 0 saturated carbocycles. The zero-order valence-corrected chi connectivity index (χ0v) is 19.3. The summed E-state index contributed by atoms with van der Waals surface area (Å²) >= 11 is 12.3. The van der Waals surface area contributed by atoms with E-state index in [0.29, 0.717) is 16.7 Å². The summed E-state index contributed by atoms with van der Waals surface area (Å²) in [6.07, 6.45) is 3.23. The van der Waals surface area contributed by atoms with Crippen molar-refractivity contribution >= 4 is 29.0 Å². The van der Waals surface area contributed by atoms with Crippen molar-refractivity contribution < 1.29 is 18.3 Å². The van der Waals surface area contributed by atoms with Crippen molar-refractivity contribution in [1.29, 1.82) is 0 Å². The van der Waals surface area contributed by atoms with Crippen molar-refractivity contribution in [3.05, 3.63) is 104 Å². The van der Waals surface area contributed by atoms with E-state index in [-0.39, 0.29) is 29.5 Å². The molecule has 2 aromatic carbocycles. The van der Waals surface area contributed by atoms with Gasteiger partial charge in [-0.2, -0.15) is 10.1 Å². The lowest BCUT2D eigenvalue weighted by molar-refractivity contribution is 0.0179. The number of halogens is 5. The molecule has 35 heavy (non-hydrogen) atoms. The monoisotopic (exact) mass is 524 g/mol. The second-order valence-corrected chi connectivity index (χ2v) is 8.57. The number of aromatic amines is 1. The van der Waals surface area contributed by atoms with Gasteiger partial charge in [-0.25, -0.2) is 27.6 Å². The van der Waals surface area contributed by atoms with E-state index in [4.69, 9.17) is 23.2 Å². The maximum absolute atomic E-state index is 14.9. The van der Waals surface area contributed by atoms with E-state index in [1.165, 1.54) is 28.3 Å². The lowest BCUT2D eigenvalue weighted by Crippen LogP contribution is -2.45. The van der Waals surface area contributed by atoms with Crippen molar-refractivity contribution in [1.82, 2.24) is 24.7 Å². The zero-order chi connectivity index (χ0) is 25.2. The minimum Gasteiger partial charge on any atom is -0.381 e. The Morgan fingerprint density at radius 1 is 1.11 bits per heavy atom. The lowest BCUT2D eigenvalue weighted by Gasteiger charge is -2.36. The summed E-state index contributed by atoms with van der Waals surface area (Å²) < 4.78 is 44.5. The fraction of sp³-hybridized carbons (Fsp3) is 0.182. The molecule has 4 aromatic rings. The molecule has 0 aliphatic rings. The molecule has 0 saturated heterocycles. The third kappa shape index (κ3) is 5.64. The molecule has 13 heteroatoms. The van der Waals surface area contributed by atoms with Crippen LogP contribution in [-0.4, -0.2) is 36.4 Å². The van der Waals surface area contributed by atoms with Crippen molar-refractivity contribution in [3.63, 3.8) is 0 Å². The van der Waals surface area contributed by atoms with Crippen molar-refractivity contribution in [2.45, 2.75) is 18.7 Å². The summed E-state index contributed by atoms with van der Waals surface area (Å²) in [4.78, 5) is 22.6. The number of rotatable bonds is 8. The molecular formula is C22H17Cl2F3N6O2. The van der Waals surface area contributed by atoms with E-state index in [1.54, 1.807) is 12.1 Å². The molecule has 2 aromatic heterocycles. The molecule has 0 aliphatic heterocycles. The normalized spacial score (nSPS) is 13.0. The molecule has 4 rings (SSSR count). The number of nitrogens with zero attached hydrogens (tertiary/aromatic N) is 5. The second-order valence-electron chi connectivity index (χ2n) is 7.73. The van der Waals surface area contributed by atoms with E-state index in [0.717, 1.165) is 18.3 Å². The van der Waals surface area contributed by atoms with Gasteiger partial charge in [-0.15, -0.1) is 0 Å². The van der Waals surface area contributed by atoms with Crippen molar-refractivity contribution in [2.24, 2.45) is 0 Å². The standard InChI is InChI=1S/C22H17Cl2F3N6O2/c23-14-2-1-13(17(24)5-14)8-32(20-19(27)7-29-21(34)31-20)9-22(35,10-33-12-28-11-30-33)16-4-3-15(25)6-18(16)26/h1-7,11-12,35H,8-10H2,(H,29,31,34). The van der Waals surface area contributed by atoms with Gasteiger partial charge in [-0.05, 0) is 23.8 Å². The van der Waals surface area contributed by atoms with Gasteiger partial charge in [0.2, 0.25) is 0 Å². The third-order valence-electron chi connectivity index (χ3n) is 5.21. The van der Waals surface area contributed by atoms with E-state index >= 15 is 0 Å². The predicted octanol–water partition coefficient (Wildman–Crippen LogP) is 3.68. The van der Waals surface area contributed by atoms with Crippen molar-refractivity contribution in [3.8, 4) is 0 Å². The van der Waals surface area contributed by atoms with E-state index in [2.05, 4.69) is 20.1 Å². The molecule has 182 valence electrons. The predicted molar refractivity (Wildman–Crippen MR) is 123 cm³/mol. The number of nitrogens with one attached hydrogen (secondary N) is 1. The number of hydrogen-bond donors (Lipinski definition) is 2. The topological polar surface area (TPSA) is 99.9 Å². The van der Waals surface area contributed by atoms with Crippen LogP contribution in [0.5, 0.6) is 0 Å². The Labute approximate surface area is 206 Å². The number of hydrogen-bond acceptors (Lipinski definition) is 6. The highest BCUT2D eigenvalue weighted by Gasteiger charge is 2.37. The van der Waals surface area contributed by atoms with E-state index in [9.17, 15) is 23.1 Å². The summed E-state index contributed by atoms with van der Waals surface area (Å²) in [7, 11) is 0. The van der Waals surface area contributed by atoms with Gasteiger partial charge in [0.25, 0.3) is 0 Å².